The maximum atomic E-state index is 9.65. The molecule has 16 heavy (non-hydrogen) atoms. The van der Waals surface area contributed by atoms with Crippen LogP contribution in [0.4, 0.5) is 0 Å². The number of aromatic hydroxyl groups is 1. The number of aryl methyl sites for hydroxylation is 1. The Balaban J connectivity index is 1.89. The Labute approximate surface area is 96.7 Å². The smallest absolute Gasteiger partial charge is 0.118 e. The van der Waals surface area contributed by atoms with E-state index < -0.39 is 0 Å². The van der Waals surface area contributed by atoms with Gasteiger partial charge in [-0.25, -0.2) is 0 Å². The number of piperidine rings is 1. The van der Waals surface area contributed by atoms with E-state index in [1.807, 2.05) is 18.2 Å². The molecule has 1 aromatic carbocycles. The molecule has 0 saturated carbocycles. The Bertz CT molecular complexity index is 340. The molecule has 0 aliphatic carbocycles. The summed E-state index contributed by atoms with van der Waals surface area (Å²) < 4.78 is 0. The van der Waals surface area contributed by atoms with E-state index in [0.717, 1.165) is 44.0 Å². The van der Waals surface area contributed by atoms with Gasteiger partial charge in [-0.2, -0.15) is 0 Å². The van der Waals surface area contributed by atoms with Crippen LogP contribution in [0.3, 0.4) is 0 Å². The Morgan fingerprint density at radius 1 is 1.38 bits per heavy atom. The van der Waals surface area contributed by atoms with E-state index in [1.165, 1.54) is 0 Å². The van der Waals surface area contributed by atoms with Crippen LogP contribution >= 0.6 is 0 Å². The molecule has 0 bridgehead atoms. The quantitative estimate of drug-likeness (QED) is 0.720. The van der Waals surface area contributed by atoms with Crippen LogP contribution in [0.15, 0.2) is 24.3 Å². The fourth-order valence-corrected chi connectivity index (χ4v) is 2.18. The molecule has 1 fully saturated rings. The van der Waals surface area contributed by atoms with Gasteiger partial charge in [0, 0.05) is 6.04 Å². The van der Waals surface area contributed by atoms with Gasteiger partial charge in [0.1, 0.15) is 5.75 Å². The summed E-state index contributed by atoms with van der Waals surface area (Å²) in [5.41, 5.74) is 7.01. The molecule has 1 radical (unpaired) electrons. The van der Waals surface area contributed by atoms with Gasteiger partial charge in [0.25, 0.3) is 0 Å². The molecule has 1 aliphatic rings. The molecule has 0 amide bonds. The van der Waals surface area contributed by atoms with E-state index in [-0.39, 0.29) is 0 Å². The summed E-state index contributed by atoms with van der Waals surface area (Å²) in [4.78, 5) is 0. The molecular weight excluding hydrogens is 200 g/mol. The van der Waals surface area contributed by atoms with Crippen LogP contribution in [0.5, 0.6) is 5.75 Å². The number of rotatable bonds is 3. The van der Waals surface area contributed by atoms with Crippen molar-refractivity contribution in [3.05, 3.63) is 35.9 Å². The topological polar surface area (TPSA) is 58.3 Å². The molecule has 1 saturated heterocycles. The van der Waals surface area contributed by atoms with Gasteiger partial charge in [-0.3, -0.25) is 0 Å². The molecule has 1 unspecified atom stereocenters. The first-order chi connectivity index (χ1) is 7.77. The molecule has 0 aromatic heterocycles. The van der Waals surface area contributed by atoms with Crippen molar-refractivity contribution in [3.8, 4) is 5.75 Å². The summed E-state index contributed by atoms with van der Waals surface area (Å²) in [6.07, 6.45) is 2.88. The molecule has 1 atom stereocenters. The minimum absolute atomic E-state index is 0.393. The number of hydrogen-bond acceptors (Lipinski definition) is 3. The number of hydrogen-bond donors (Lipinski definition) is 3. The van der Waals surface area contributed by atoms with Crippen LogP contribution in [0, 0.1) is 12.0 Å². The summed E-state index contributed by atoms with van der Waals surface area (Å²) >= 11 is 0. The first-order valence-electron chi connectivity index (χ1n) is 5.86. The minimum atomic E-state index is 0.393. The molecule has 3 nitrogen and oxygen atoms in total. The van der Waals surface area contributed by atoms with Gasteiger partial charge < -0.3 is 16.2 Å². The highest BCUT2D eigenvalue weighted by atomic mass is 16.3. The second-order valence-electron chi connectivity index (χ2n) is 4.39. The van der Waals surface area contributed by atoms with Crippen molar-refractivity contribution in [1.82, 2.24) is 5.32 Å². The van der Waals surface area contributed by atoms with E-state index in [9.17, 15) is 5.11 Å². The summed E-state index contributed by atoms with van der Waals surface area (Å²) in [6.45, 7) is 1.97. The number of nitrogens with one attached hydrogen (secondary N) is 1. The van der Waals surface area contributed by atoms with Gasteiger partial charge in [-0.1, -0.05) is 18.2 Å². The van der Waals surface area contributed by atoms with Gasteiger partial charge in [-0.05, 0) is 49.9 Å². The average Bonchev–Trinajstić information content (AvgIpc) is 2.30. The molecule has 2 rings (SSSR count). The molecule has 3 heteroatoms. The van der Waals surface area contributed by atoms with Gasteiger partial charge >= 0.3 is 0 Å². The zero-order valence-electron chi connectivity index (χ0n) is 9.45. The fourth-order valence-electron chi connectivity index (χ4n) is 2.18. The molecule has 1 heterocycles. The second-order valence-corrected chi connectivity index (χ2v) is 4.39. The maximum Gasteiger partial charge on any atom is 0.118 e. The van der Waals surface area contributed by atoms with Crippen molar-refractivity contribution in [1.29, 1.82) is 0 Å². The third kappa shape index (κ3) is 2.74. The van der Waals surface area contributed by atoms with Gasteiger partial charge in [0.15, 0.2) is 0 Å². The Morgan fingerprint density at radius 2 is 2.19 bits per heavy atom. The number of phenolic OH excluding ortho intramolecular Hbond substituents is 1. The fraction of sp³-hybridized carbons (Fsp3) is 0.462. The first-order valence-corrected chi connectivity index (χ1v) is 5.86. The number of nitrogens with two attached hydrogens (primary N) is 1. The lowest BCUT2D eigenvalue weighted by Crippen LogP contribution is -2.39. The van der Waals surface area contributed by atoms with Crippen LogP contribution in [-0.2, 0) is 6.42 Å². The zero-order valence-corrected chi connectivity index (χ0v) is 9.45. The highest BCUT2D eigenvalue weighted by Gasteiger charge is 2.21. The van der Waals surface area contributed by atoms with Crippen molar-refractivity contribution in [2.24, 2.45) is 11.7 Å². The van der Waals surface area contributed by atoms with Crippen LogP contribution < -0.4 is 11.1 Å². The van der Waals surface area contributed by atoms with E-state index in [1.54, 1.807) is 6.07 Å². The van der Waals surface area contributed by atoms with Crippen molar-refractivity contribution in [3.63, 3.8) is 0 Å². The summed E-state index contributed by atoms with van der Waals surface area (Å²) in [6, 6.07) is 8.63. The van der Waals surface area contributed by atoms with Crippen LogP contribution in [0.25, 0.3) is 0 Å². The molecule has 87 valence electrons. The lowest BCUT2D eigenvalue weighted by molar-refractivity contribution is 0.383. The highest BCUT2D eigenvalue weighted by molar-refractivity contribution is 5.31. The standard InChI is InChI=1S/C13H19N2O/c14-12-7-8-15-9-11(12)6-5-10-3-1-2-4-13(10)16/h1-4,11,15-16H,5-9,14H2. The molecule has 0 spiro atoms. The number of para-hydroxylation sites is 1. The van der Waals surface area contributed by atoms with E-state index >= 15 is 0 Å². The third-order valence-corrected chi connectivity index (χ3v) is 3.26. The zero-order chi connectivity index (χ0) is 11.4. The van der Waals surface area contributed by atoms with E-state index in [4.69, 9.17) is 5.73 Å². The Hall–Kier alpha value is -1.06. The highest BCUT2D eigenvalue weighted by Crippen LogP contribution is 2.24. The van der Waals surface area contributed by atoms with Crippen molar-refractivity contribution in [2.75, 3.05) is 13.1 Å². The second kappa shape index (κ2) is 5.32. The monoisotopic (exact) mass is 219 g/mol. The predicted molar refractivity (Wildman–Crippen MR) is 64.8 cm³/mol. The summed E-state index contributed by atoms with van der Waals surface area (Å²) in [7, 11) is 0. The van der Waals surface area contributed by atoms with Gasteiger partial charge in [-0.15, -0.1) is 0 Å². The third-order valence-electron chi connectivity index (χ3n) is 3.26. The maximum absolute atomic E-state index is 9.65. The van der Waals surface area contributed by atoms with Gasteiger partial charge in [0.2, 0.25) is 0 Å². The van der Waals surface area contributed by atoms with Crippen LogP contribution in [0.2, 0.25) is 0 Å². The largest absolute Gasteiger partial charge is 0.508 e. The van der Waals surface area contributed by atoms with E-state index in [2.05, 4.69) is 5.32 Å². The van der Waals surface area contributed by atoms with Crippen LogP contribution in [0.1, 0.15) is 18.4 Å². The van der Waals surface area contributed by atoms with Gasteiger partial charge in [0.05, 0.1) is 0 Å². The normalized spacial score (nSPS) is 22.2. The lowest BCUT2D eigenvalue weighted by Gasteiger charge is -2.28. The summed E-state index contributed by atoms with van der Waals surface area (Å²) in [5.74, 6) is 0.846. The van der Waals surface area contributed by atoms with Crippen molar-refractivity contribution >= 4 is 0 Å². The van der Waals surface area contributed by atoms with Crippen molar-refractivity contribution in [2.45, 2.75) is 19.3 Å². The molecule has 1 aromatic rings. The van der Waals surface area contributed by atoms with E-state index in [0.29, 0.717) is 11.7 Å². The SMILES string of the molecule is N[C]1CCNCC1CCc1ccccc1O. The Kier molecular flexibility index (Phi) is 3.80. The number of phenols is 1. The molecular formula is C13H19N2O. The minimum Gasteiger partial charge on any atom is -0.508 e. The molecule has 4 N–H and O–H groups in total. The lowest BCUT2D eigenvalue weighted by atomic mass is 9.88. The summed E-state index contributed by atoms with van der Waals surface area (Å²) in [5, 5.41) is 13.0. The van der Waals surface area contributed by atoms with Crippen LogP contribution in [-0.4, -0.2) is 18.2 Å². The first kappa shape index (κ1) is 11.4. The Morgan fingerprint density at radius 3 is 2.94 bits per heavy atom. The molecule has 1 aliphatic heterocycles. The average molecular weight is 219 g/mol. The predicted octanol–water partition coefficient (Wildman–Crippen LogP) is 1.42. The van der Waals surface area contributed by atoms with Crippen molar-refractivity contribution < 1.29 is 5.11 Å². The number of benzene rings is 1.